The Hall–Kier alpha value is -1.54. The van der Waals surface area contributed by atoms with Crippen LogP contribution in [-0.4, -0.2) is 20.2 Å². The summed E-state index contributed by atoms with van der Waals surface area (Å²) in [6.45, 7) is 0. The first-order valence-corrected chi connectivity index (χ1v) is 4.79. The van der Waals surface area contributed by atoms with Gasteiger partial charge in [-0.2, -0.15) is 5.26 Å². The zero-order valence-corrected chi connectivity index (χ0v) is 9.79. The number of halogens is 1. The molecule has 0 saturated carbocycles. The third kappa shape index (κ3) is 2.28. The van der Waals surface area contributed by atoms with Gasteiger partial charge in [-0.25, -0.2) is 4.79 Å². The lowest BCUT2D eigenvalue weighted by Crippen LogP contribution is -2.04. The molecule has 78 valence electrons. The van der Waals surface area contributed by atoms with Crippen molar-refractivity contribution in [2.75, 3.05) is 14.2 Å². The lowest BCUT2D eigenvalue weighted by Gasteiger charge is -2.07. The molecule has 0 aromatic heterocycles. The molecule has 4 nitrogen and oxygen atoms in total. The van der Waals surface area contributed by atoms with E-state index in [9.17, 15) is 4.79 Å². The SMILES string of the molecule is COC(=O)c1cc(Br)c(C#N)cc1OC. The Kier molecular flexibility index (Phi) is 3.69. The van der Waals surface area contributed by atoms with E-state index in [1.807, 2.05) is 6.07 Å². The minimum Gasteiger partial charge on any atom is -0.496 e. The Balaban J connectivity index is 3.35. The molecule has 0 atom stereocenters. The molecule has 1 rings (SSSR count). The van der Waals surface area contributed by atoms with Gasteiger partial charge in [-0.3, -0.25) is 0 Å². The first-order chi connectivity index (χ1) is 7.13. The topological polar surface area (TPSA) is 59.3 Å². The van der Waals surface area contributed by atoms with E-state index in [-0.39, 0.29) is 5.56 Å². The third-order valence-corrected chi connectivity index (χ3v) is 2.47. The molecule has 0 aliphatic heterocycles. The van der Waals surface area contributed by atoms with E-state index in [0.29, 0.717) is 15.8 Å². The summed E-state index contributed by atoms with van der Waals surface area (Å²) in [6.07, 6.45) is 0. The molecule has 15 heavy (non-hydrogen) atoms. The van der Waals surface area contributed by atoms with Gasteiger partial charge < -0.3 is 9.47 Å². The highest BCUT2D eigenvalue weighted by atomic mass is 79.9. The molecule has 5 heteroatoms. The fourth-order valence-corrected chi connectivity index (χ4v) is 1.51. The number of nitrogens with zero attached hydrogens (tertiary/aromatic N) is 1. The molecule has 0 saturated heterocycles. The van der Waals surface area contributed by atoms with Crippen molar-refractivity contribution in [2.45, 2.75) is 0 Å². The molecule has 0 fully saturated rings. The van der Waals surface area contributed by atoms with Crippen LogP contribution in [0.25, 0.3) is 0 Å². The smallest absolute Gasteiger partial charge is 0.341 e. The van der Waals surface area contributed by atoms with Crippen LogP contribution < -0.4 is 4.74 Å². The minimum absolute atomic E-state index is 0.283. The zero-order chi connectivity index (χ0) is 11.4. The number of methoxy groups -OCH3 is 2. The second-order valence-electron chi connectivity index (χ2n) is 2.64. The van der Waals surface area contributed by atoms with Crippen LogP contribution in [0, 0.1) is 11.3 Å². The van der Waals surface area contributed by atoms with Crippen molar-refractivity contribution in [1.82, 2.24) is 0 Å². The third-order valence-electron chi connectivity index (χ3n) is 1.81. The summed E-state index contributed by atoms with van der Waals surface area (Å²) in [5.74, 6) is -0.182. The van der Waals surface area contributed by atoms with Gasteiger partial charge in [0.2, 0.25) is 0 Å². The van der Waals surface area contributed by atoms with Crippen molar-refractivity contribution in [1.29, 1.82) is 5.26 Å². The molecule has 0 aliphatic rings. The summed E-state index contributed by atoms with van der Waals surface area (Å²) < 4.78 is 10.1. The highest BCUT2D eigenvalue weighted by Gasteiger charge is 2.15. The molecular formula is C10H8BrNO3. The highest BCUT2D eigenvalue weighted by Crippen LogP contribution is 2.27. The fraction of sp³-hybridized carbons (Fsp3) is 0.200. The number of hydrogen-bond donors (Lipinski definition) is 0. The number of nitriles is 1. The van der Waals surface area contributed by atoms with Crippen molar-refractivity contribution in [2.24, 2.45) is 0 Å². The average Bonchev–Trinajstić information content (AvgIpc) is 2.27. The summed E-state index contributed by atoms with van der Waals surface area (Å²) in [4.78, 5) is 11.3. The largest absolute Gasteiger partial charge is 0.496 e. The summed E-state index contributed by atoms with van der Waals surface area (Å²) in [5.41, 5.74) is 0.686. The van der Waals surface area contributed by atoms with Gasteiger partial charge in [0.1, 0.15) is 17.4 Å². The van der Waals surface area contributed by atoms with Crippen LogP contribution in [0.15, 0.2) is 16.6 Å². The number of esters is 1. The second-order valence-corrected chi connectivity index (χ2v) is 3.49. The Bertz CT molecular complexity index is 437. The standard InChI is InChI=1S/C10H8BrNO3/c1-14-9-3-6(5-12)8(11)4-7(9)10(13)15-2/h3-4H,1-2H3. The van der Waals surface area contributed by atoms with Crippen LogP contribution in [0.3, 0.4) is 0 Å². The molecule has 0 amide bonds. The van der Waals surface area contributed by atoms with Crippen molar-refractivity contribution in [3.63, 3.8) is 0 Å². The van der Waals surface area contributed by atoms with E-state index in [4.69, 9.17) is 10.00 Å². The van der Waals surface area contributed by atoms with Gasteiger partial charge in [-0.15, -0.1) is 0 Å². The number of carbonyl (C=O) groups excluding carboxylic acids is 1. The summed E-state index contributed by atoms with van der Waals surface area (Å²) in [7, 11) is 2.71. The first kappa shape index (κ1) is 11.5. The number of benzene rings is 1. The van der Waals surface area contributed by atoms with Crippen molar-refractivity contribution in [3.8, 4) is 11.8 Å². The average molecular weight is 270 g/mol. The summed E-state index contributed by atoms with van der Waals surface area (Å²) in [6, 6.07) is 4.96. The number of carbonyl (C=O) groups is 1. The quantitative estimate of drug-likeness (QED) is 0.772. The monoisotopic (exact) mass is 269 g/mol. The van der Waals surface area contributed by atoms with E-state index in [1.165, 1.54) is 26.4 Å². The molecule has 1 aromatic carbocycles. The molecule has 0 unspecified atom stereocenters. The van der Waals surface area contributed by atoms with Crippen LogP contribution in [0.1, 0.15) is 15.9 Å². The normalized spacial score (nSPS) is 9.20. The maximum absolute atomic E-state index is 11.3. The molecule has 0 heterocycles. The highest BCUT2D eigenvalue weighted by molar-refractivity contribution is 9.10. The van der Waals surface area contributed by atoms with Gasteiger partial charge >= 0.3 is 5.97 Å². The maximum Gasteiger partial charge on any atom is 0.341 e. The molecule has 1 aromatic rings. The summed E-state index contributed by atoms with van der Waals surface area (Å²) >= 11 is 3.18. The van der Waals surface area contributed by atoms with Gasteiger partial charge in [0.15, 0.2) is 0 Å². The molecule has 0 bridgehead atoms. The Morgan fingerprint density at radius 3 is 2.60 bits per heavy atom. The predicted octanol–water partition coefficient (Wildman–Crippen LogP) is 2.12. The fourth-order valence-electron chi connectivity index (χ4n) is 1.08. The summed E-state index contributed by atoms with van der Waals surface area (Å²) in [5, 5.41) is 8.77. The molecule has 0 aliphatic carbocycles. The maximum atomic E-state index is 11.3. The van der Waals surface area contributed by atoms with Crippen molar-refractivity contribution < 1.29 is 14.3 Å². The van der Waals surface area contributed by atoms with E-state index >= 15 is 0 Å². The van der Waals surface area contributed by atoms with Gasteiger partial charge in [0, 0.05) is 4.47 Å². The number of hydrogen-bond acceptors (Lipinski definition) is 4. The van der Waals surface area contributed by atoms with Crippen LogP contribution >= 0.6 is 15.9 Å². The lowest BCUT2D eigenvalue weighted by molar-refractivity contribution is 0.0597. The number of rotatable bonds is 2. The molecule has 0 radical (unpaired) electrons. The Morgan fingerprint density at radius 1 is 1.47 bits per heavy atom. The minimum atomic E-state index is -0.503. The van der Waals surface area contributed by atoms with Crippen LogP contribution in [0.5, 0.6) is 5.75 Å². The Morgan fingerprint density at radius 2 is 2.13 bits per heavy atom. The van der Waals surface area contributed by atoms with Gasteiger partial charge in [-0.05, 0) is 28.1 Å². The van der Waals surface area contributed by atoms with Gasteiger partial charge in [0.05, 0.1) is 19.8 Å². The predicted molar refractivity (Wildman–Crippen MR) is 56.7 cm³/mol. The van der Waals surface area contributed by atoms with Crippen LogP contribution in [0.4, 0.5) is 0 Å². The molecule has 0 spiro atoms. The molecular weight excluding hydrogens is 262 g/mol. The second kappa shape index (κ2) is 4.80. The van der Waals surface area contributed by atoms with E-state index in [0.717, 1.165) is 0 Å². The van der Waals surface area contributed by atoms with Gasteiger partial charge in [0.25, 0.3) is 0 Å². The van der Waals surface area contributed by atoms with Crippen LogP contribution in [-0.2, 0) is 4.74 Å². The zero-order valence-electron chi connectivity index (χ0n) is 8.20. The molecule has 0 N–H and O–H groups in total. The number of ether oxygens (including phenoxy) is 2. The Labute approximate surface area is 95.5 Å². The first-order valence-electron chi connectivity index (χ1n) is 4.00. The van der Waals surface area contributed by atoms with E-state index in [1.54, 1.807) is 0 Å². The lowest BCUT2D eigenvalue weighted by atomic mass is 10.1. The van der Waals surface area contributed by atoms with E-state index < -0.39 is 5.97 Å². The van der Waals surface area contributed by atoms with Crippen molar-refractivity contribution in [3.05, 3.63) is 27.7 Å². The van der Waals surface area contributed by atoms with E-state index in [2.05, 4.69) is 20.7 Å². The van der Waals surface area contributed by atoms with Crippen molar-refractivity contribution >= 4 is 21.9 Å². The van der Waals surface area contributed by atoms with Gasteiger partial charge in [-0.1, -0.05) is 0 Å². The van der Waals surface area contributed by atoms with Crippen LogP contribution in [0.2, 0.25) is 0 Å².